The second-order valence-corrected chi connectivity index (χ2v) is 3.12. The van der Waals surface area contributed by atoms with Crippen molar-refractivity contribution < 1.29 is 20.1 Å². The molecule has 2 rings (SSSR count). The first-order valence-corrected chi connectivity index (χ1v) is 4.82. The van der Waals surface area contributed by atoms with Gasteiger partial charge in [0.25, 0.3) is 0 Å². The van der Waals surface area contributed by atoms with Crippen LogP contribution >= 0.6 is 0 Å². The second-order valence-electron chi connectivity index (χ2n) is 3.12. The Morgan fingerprint density at radius 3 is 1.78 bits per heavy atom. The minimum Gasteiger partial charge on any atom is -0.872 e. The number of phenols is 1. The molecule has 5 heteroatoms. The quantitative estimate of drug-likeness (QED) is 0.747. The van der Waals surface area contributed by atoms with Crippen molar-refractivity contribution in [2.75, 3.05) is 0 Å². The van der Waals surface area contributed by atoms with Crippen LogP contribution in [0, 0.1) is 0 Å². The van der Waals surface area contributed by atoms with E-state index in [0.717, 1.165) is 0 Å². The van der Waals surface area contributed by atoms with Crippen LogP contribution in [0.1, 0.15) is 10.4 Å². The predicted molar refractivity (Wildman–Crippen MR) is 64.1 cm³/mol. The fourth-order valence-corrected chi connectivity index (χ4v) is 1.07. The number of carboxylic acid groups (broad SMARTS) is 1. The molecule has 0 fully saturated rings. The van der Waals surface area contributed by atoms with Crippen molar-refractivity contribution in [3.8, 4) is 11.5 Å². The molecular weight excluding hydrogens is 260 g/mol. The summed E-state index contributed by atoms with van der Waals surface area (Å²) in [6.45, 7) is 0. The van der Waals surface area contributed by atoms with Crippen LogP contribution in [0.4, 0.5) is 0 Å². The molecule has 0 atom stereocenters. The van der Waals surface area contributed by atoms with E-state index in [1.54, 1.807) is 18.2 Å². The number of carboxylic acids is 1. The van der Waals surface area contributed by atoms with E-state index in [4.69, 9.17) is 5.11 Å². The van der Waals surface area contributed by atoms with Crippen LogP contribution in [0.15, 0.2) is 54.6 Å². The molecule has 2 aromatic rings. The molecule has 4 nitrogen and oxygen atoms in total. The van der Waals surface area contributed by atoms with Crippen molar-refractivity contribution in [1.82, 2.24) is 0 Å². The summed E-state index contributed by atoms with van der Waals surface area (Å²) in [5.74, 6) is -1.55. The van der Waals surface area contributed by atoms with Crippen LogP contribution in [0.25, 0.3) is 0 Å². The number of aromatic carboxylic acids is 1. The maximum atomic E-state index is 10.3. The standard InChI is InChI=1S/C7H6O3.C6H6O.Ca/c8-6-4-2-1-3-5(6)7(9)10;7-6-4-2-1-3-5-6;/h1-4,8H,(H,9,10);1-5,7H;/q;;+2/p-2. The molecule has 0 radical (unpaired) electrons. The third kappa shape index (κ3) is 5.91. The predicted octanol–water partition coefficient (Wildman–Crippen LogP) is 0.135. The van der Waals surface area contributed by atoms with E-state index in [-0.39, 0.29) is 54.8 Å². The first-order valence-electron chi connectivity index (χ1n) is 4.82. The van der Waals surface area contributed by atoms with Gasteiger partial charge in [-0.05, 0) is 12.1 Å². The summed E-state index contributed by atoms with van der Waals surface area (Å²) >= 11 is 0. The number of benzene rings is 2. The summed E-state index contributed by atoms with van der Waals surface area (Å²) < 4.78 is 0. The number of carbonyl (C=O) groups excluding carboxylic acids is 1. The van der Waals surface area contributed by atoms with E-state index < -0.39 is 5.97 Å². The summed E-state index contributed by atoms with van der Waals surface area (Å²) in [7, 11) is 0. The summed E-state index contributed by atoms with van der Waals surface area (Å²) in [5.41, 5.74) is -0.178. The molecule has 1 N–H and O–H groups in total. The van der Waals surface area contributed by atoms with Gasteiger partial charge < -0.3 is 20.1 Å². The Balaban J connectivity index is 0.000000321. The molecule has 88 valence electrons. The largest absolute Gasteiger partial charge is 2.00 e. The summed E-state index contributed by atoms with van der Waals surface area (Å²) in [6.07, 6.45) is 0. The molecule has 0 unspecified atom stereocenters. The van der Waals surface area contributed by atoms with Crippen molar-refractivity contribution in [3.63, 3.8) is 0 Å². The Bertz CT molecular complexity index is 485. The van der Waals surface area contributed by atoms with Gasteiger partial charge in [0.1, 0.15) is 5.75 Å². The second kappa shape index (κ2) is 8.80. The normalized spacial score (nSPS) is 8.44. The van der Waals surface area contributed by atoms with Crippen LogP contribution < -0.4 is 10.2 Å². The van der Waals surface area contributed by atoms with E-state index in [1.807, 2.05) is 6.07 Å². The maximum Gasteiger partial charge on any atom is 2.00 e. The average Bonchev–Trinajstić information content (AvgIpc) is 2.31. The number of hydrogen-bond donors (Lipinski definition) is 1. The third-order valence-electron chi connectivity index (χ3n) is 1.87. The van der Waals surface area contributed by atoms with E-state index in [1.165, 1.54) is 30.3 Å². The molecule has 0 heterocycles. The van der Waals surface area contributed by atoms with E-state index in [9.17, 15) is 15.0 Å². The van der Waals surface area contributed by atoms with Crippen molar-refractivity contribution in [2.45, 2.75) is 0 Å². The van der Waals surface area contributed by atoms with Crippen LogP contribution in [0.3, 0.4) is 0 Å². The van der Waals surface area contributed by atoms with Crippen LogP contribution in [0.2, 0.25) is 0 Å². The van der Waals surface area contributed by atoms with Crippen LogP contribution in [-0.4, -0.2) is 48.8 Å². The number of carbonyl (C=O) groups is 1. The van der Waals surface area contributed by atoms with Gasteiger partial charge >= 0.3 is 37.7 Å². The SMILES string of the molecule is O=C([O-])c1ccccc1O.[Ca+2].[O-]c1ccccc1. The summed E-state index contributed by atoms with van der Waals surface area (Å²) in [4.78, 5) is 10.2. The maximum absolute atomic E-state index is 10.3. The smallest absolute Gasteiger partial charge is 0.872 e. The Morgan fingerprint density at radius 2 is 1.44 bits per heavy atom. The molecule has 0 spiro atoms. The van der Waals surface area contributed by atoms with Crippen molar-refractivity contribution >= 4 is 43.7 Å². The molecule has 18 heavy (non-hydrogen) atoms. The summed E-state index contributed by atoms with van der Waals surface area (Å²) in [5, 5.41) is 29.3. The zero-order chi connectivity index (χ0) is 12.7. The molecule has 2 aromatic carbocycles. The van der Waals surface area contributed by atoms with Gasteiger partial charge in [-0.15, -0.1) is 5.75 Å². The molecule has 0 aromatic heterocycles. The number of hydrogen-bond acceptors (Lipinski definition) is 4. The Morgan fingerprint density at radius 1 is 0.944 bits per heavy atom. The molecule has 0 amide bonds. The molecule has 0 saturated carbocycles. The van der Waals surface area contributed by atoms with Gasteiger partial charge in [-0.25, -0.2) is 0 Å². The Labute approximate surface area is 135 Å². The topological polar surface area (TPSA) is 83.4 Å². The van der Waals surface area contributed by atoms with E-state index >= 15 is 0 Å². The van der Waals surface area contributed by atoms with Crippen molar-refractivity contribution in [2.24, 2.45) is 0 Å². The fourth-order valence-electron chi connectivity index (χ4n) is 1.07. The van der Waals surface area contributed by atoms with Gasteiger partial charge in [-0.3, -0.25) is 0 Å². The minimum atomic E-state index is -1.36. The minimum absolute atomic E-state index is 0. The zero-order valence-electron chi connectivity index (χ0n) is 9.58. The van der Waals surface area contributed by atoms with Gasteiger partial charge in [0.2, 0.25) is 0 Å². The van der Waals surface area contributed by atoms with Crippen LogP contribution in [0.5, 0.6) is 11.5 Å². The monoisotopic (exact) mass is 270 g/mol. The summed E-state index contributed by atoms with van der Waals surface area (Å²) in [6, 6.07) is 14.0. The van der Waals surface area contributed by atoms with Gasteiger partial charge in [0, 0.05) is 5.56 Å². The van der Waals surface area contributed by atoms with Gasteiger partial charge in [0.15, 0.2) is 0 Å². The van der Waals surface area contributed by atoms with Gasteiger partial charge in [0.05, 0.1) is 5.97 Å². The molecular formula is C13H10CaO4. The third-order valence-corrected chi connectivity index (χ3v) is 1.87. The first kappa shape index (κ1) is 16.8. The number of rotatable bonds is 1. The Hall–Kier alpha value is -1.23. The fraction of sp³-hybridized carbons (Fsp3) is 0. The van der Waals surface area contributed by atoms with Crippen molar-refractivity contribution in [3.05, 3.63) is 60.2 Å². The van der Waals surface area contributed by atoms with Crippen molar-refractivity contribution in [1.29, 1.82) is 0 Å². The Kier molecular flexibility index (Phi) is 8.20. The molecule has 0 aliphatic rings. The molecule has 0 bridgehead atoms. The molecule has 0 aliphatic heterocycles. The first-order chi connectivity index (χ1) is 8.11. The molecule has 0 aliphatic carbocycles. The van der Waals surface area contributed by atoms with E-state index in [0.29, 0.717) is 0 Å². The number of para-hydroxylation sites is 2. The number of aromatic hydroxyl groups is 1. The van der Waals surface area contributed by atoms with Gasteiger partial charge in [-0.1, -0.05) is 42.5 Å². The van der Waals surface area contributed by atoms with Crippen LogP contribution in [-0.2, 0) is 0 Å². The van der Waals surface area contributed by atoms with E-state index in [2.05, 4.69) is 0 Å². The molecule has 0 saturated heterocycles. The zero-order valence-corrected chi connectivity index (χ0v) is 11.8. The average molecular weight is 270 g/mol. The van der Waals surface area contributed by atoms with Gasteiger partial charge in [-0.2, -0.15) is 0 Å².